The number of amides is 1. The largest absolute Gasteiger partial charge is 0.480 e. The Hall–Kier alpha value is -3.56. The number of carbonyl (C=O) groups is 2. The van der Waals surface area contributed by atoms with Crippen LogP contribution in [-0.2, 0) is 4.79 Å². The lowest BCUT2D eigenvalue weighted by molar-refractivity contribution is -0.142. The fourth-order valence-corrected chi connectivity index (χ4v) is 2.56. The Bertz CT molecular complexity index is 1000. The van der Waals surface area contributed by atoms with Gasteiger partial charge in [0.1, 0.15) is 28.9 Å². The van der Waals surface area contributed by atoms with Gasteiger partial charge in [-0.05, 0) is 24.5 Å². The number of oxazole rings is 1. The average molecular weight is 384 g/mol. The van der Waals surface area contributed by atoms with Crippen LogP contribution in [-0.4, -0.2) is 48.0 Å². The number of hydrogen-bond acceptors (Lipinski definition) is 7. The minimum Gasteiger partial charge on any atom is -0.480 e. The maximum Gasteiger partial charge on any atom is 0.326 e. The molecule has 0 bridgehead atoms. The molecule has 0 fully saturated rings. The van der Waals surface area contributed by atoms with Gasteiger partial charge in [-0.1, -0.05) is 26.0 Å². The van der Waals surface area contributed by atoms with Crippen molar-refractivity contribution in [3.63, 3.8) is 0 Å². The van der Waals surface area contributed by atoms with E-state index in [9.17, 15) is 14.7 Å². The number of nitrogens with one attached hydrogen (secondary N) is 1. The van der Waals surface area contributed by atoms with Crippen molar-refractivity contribution in [3.05, 3.63) is 42.4 Å². The molecular formula is C18H20N6O4. The second-order valence-electron chi connectivity index (χ2n) is 7.32. The first-order valence-corrected chi connectivity index (χ1v) is 8.49. The van der Waals surface area contributed by atoms with E-state index in [1.807, 2.05) is 0 Å². The molecule has 0 aliphatic heterocycles. The number of carboxylic acids is 1. The molecule has 3 rings (SSSR count). The van der Waals surface area contributed by atoms with Gasteiger partial charge in [0.2, 0.25) is 0 Å². The summed E-state index contributed by atoms with van der Waals surface area (Å²) in [6, 6.07) is 2.10. The van der Waals surface area contributed by atoms with Crippen LogP contribution in [0.25, 0.3) is 17.1 Å². The Labute approximate surface area is 160 Å². The highest BCUT2D eigenvalue weighted by molar-refractivity contribution is 5.95. The predicted octanol–water partition coefficient (Wildman–Crippen LogP) is 1.85. The number of carbonyl (C=O) groups excluding carboxylic acids is 1. The van der Waals surface area contributed by atoms with Crippen LogP contribution < -0.4 is 5.32 Å². The summed E-state index contributed by atoms with van der Waals surface area (Å²) < 4.78 is 6.65. The molecule has 0 aromatic carbocycles. The first-order valence-electron chi connectivity index (χ1n) is 8.49. The third kappa shape index (κ3) is 3.90. The quantitative estimate of drug-likeness (QED) is 0.680. The first kappa shape index (κ1) is 19.2. The van der Waals surface area contributed by atoms with Crippen LogP contribution in [0.15, 0.2) is 35.3 Å². The van der Waals surface area contributed by atoms with Gasteiger partial charge in [-0.2, -0.15) is 0 Å². The number of carboxylic acid groups (broad SMARTS) is 1. The number of pyridine rings is 1. The van der Waals surface area contributed by atoms with E-state index in [1.54, 1.807) is 40.0 Å². The molecule has 146 valence electrons. The summed E-state index contributed by atoms with van der Waals surface area (Å²) >= 11 is 0. The van der Waals surface area contributed by atoms with Crippen molar-refractivity contribution in [2.24, 2.45) is 5.41 Å². The molecular weight excluding hydrogens is 364 g/mol. The van der Waals surface area contributed by atoms with Crippen LogP contribution in [0.5, 0.6) is 0 Å². The molecule has 0 aliphatic rings. The van der Waals surface area contributed by atoms with Crippen LogP contribution in [0.3, 0.4) is 0 Å². The van der Waals surface area contributed by atoms with Gasteiger partial charge in [0.05, 0.1) is 18.1 Å². The average Bonchev–Trinajstić information content (AvgIpc) is 3.27. The Morgan fingerprint density at radius 1 is 1.25 bits per heavy atom. The number of aryl methyl sites for hydroxylation is 1. The van der Waals surface area contributed by atoms with Gasteiger partial charge in [-0.25, -0.2) is 19.4 Å². The molecule has 3 aromatic rings. The van der Waals surface area contributed by atoms with E-state index in [-0.39, 0.29) is 5.69 Å². The minimum absolute atomic E-state index is 0.104. The summed E-state index contributed by atoms with van der Waals surface area (Å²) in [5, 5.41) is 19.9. The van der Waals surface area contributed by atoms with E-state index in [2.05, 4.69) is 25.6 Å². The molecule has 0 saturated carbocycles. The standard InChI is InChI=1S/C18H20N6O4/c1-10-14(20-9-28-10)13-8-24(23-22-13)11-5-6-12(19-7-11)16(25)21-15(17(26)27)18(2,3)4/h5-9,15H,1-4H3,(H,21,25)(H,26,27)/t15-/m0/s1. The van der Waals surface area contributed by atoms with Crippen molar-refractivity contribution in [3.8, 4) is 17.1 Å². The smallest absolute Gasteiger partial charge is 0.326 e. The summed E-state index contributed by atoms with van der Waals surface area (Å²) in [4.78, 5) is 32.0. The third-order valence-corrected chi connectivity index (χ3v) is 4.11. The summed E-state index contributed by atoms with van der Waals surface area (Å²) in [6.45, 7) is 6.99. The van der Waals surface area contributed by atoms with Crippen LogP contribution >= 0.6 is 0 Å². The van der Waals surface area contributed by atoms with Crippen LogP contribution in [0.1, 0.15) is 37.0 Å². The Morgan fingerprint density at radius 3 is 2.54 bits per heavy atom. The van der Waals surface area contributed by atoms with Gasteiger partial charge in [0, 0.05) is 0 Å². The summed E-state index contributed by atoms with van der Waals surface area (Å²) in [7, 11) is 0. The van der Waals surface area contributed by atoms with Gasteiger partial charge in [-0.15, -0.1) is 5.10 Å². The molecule has 2 N–H and O–H groups in total. The molecule has 0 radical (unpaired) electrons. The summed E-state index contributed by atoms with van der Waals surface area (Å²) in [5.74, 6) is -1.04. The molecule has 0 spiro atoms. The van der Waals surface area contributed by atoms with Crippen LogP contribution in [0.4, 0.5) is 0 Å². The van der Waals surface area contributed by atoms with Crippen molar-refractivity contribution in [1.29, 1.82) is 0 Å². The van der Waals surface area contributed by atoms with E-state index < -0.39 is 23.3 Å². The van der Waals surface area contributed by atoms with E-state index in [0.29, 0.717) is 22.8 Å². The predicted molar refractivity (Wildman–Crippen MR) is 97.7 cm³/mol. The highest BCUT2D eigenvalue weighted by Crippen LogP contribution is 2.21. The van der Waals surface area contributed by atoms with Crippen LogP contribution in [0.2, 0.25) is 0 Å². The molecule has 3 aromatic heterocycles. The second-order valence-corrected chi connectivity index (χ2v) is 7.32. The molecule has 10 heteroatoms. The molecule has 28 heavy (non-hydrogen) atoms. The van der Waals surface area contributed by atoms with Crippen molar-refractivity contribution in [1.82, 2.24) is 30.3 Å². The van der Waals surface area contributed by atoms with E-state index in [4.69, 9.17) is 4.42 Å². The maximum absolute atomic E-state index is 12.4. The fourth-order valence-electron chi connectivity index (χ4n) is 2.56. The normalized spacial score (nSPS) is 12.6. The SMILES string of the molecule is Cc1ocnc1-c1cn(-c2ccc(C(=O)N[C@@H](C(=O)O)C(C)(C)C)nc2)nn1. The maximum atomic E-state index is 12.4. The van der Waals surface area contributed by atoms with Crippen molar-refractivity contribution < 1.29 is 19.1 Å². The molecule has 0 saturated heterocycles. The highest BCUT2D eigenvalue weighted by atomic mass is 16.4. The summed E-state index contributed by atoms with van der Waals surface area (Å²) in [5.41, 5.74) is 1.19. The van der Waals surface area contributed by atoms with Crippen molar-refractivity contribution in [2.75, 3.05) is 0 Å². The first-order chi connectivity index (χ1) is 13.2. The monoisotopic (exact) mass is 384 g/mol. The minimum atomic E-state index is -1.10. The summed E-state index contributed by atoms with van der Waals surface area (Å²) in [6.07, 6.45) is 4.46. The Morgan fingerprint density at radius 2 is 2.00 bits per heavy atom. The van der Waals surface area contributed by atoms with E-state index in [0.717, 1.165) is 0 Å². The van der Waals surface area contributed by atoms with Crippen molar-refractivity contribution >= 4 is 11.9 Å². The zero-order chi connectivity index (χ0) is 20.5. The lowest BCUT2D eigenvalue weighted by atomic mass is 9.86. The van der Waals surface area contributed by atoms with Crippen LogP contribution in [0, 0.1) is 12.3 Å². The topological polar surface area (TPSA) is 136 Å². The molecule has 1 atom stereocenters. The van der Waals surface area contributed by atoms with Gasteiger partial charge in [-0.3, -0.25) is 4.79 Å². The number of aromatic nitrogens is 5. The number of nitrogens with zero attached hydrogens (tertiary/aromatic N) is 5. The van der Waals surface area contributed by atoms with E-state index >= 15 is 0 Å². The molecule has 0 unspecified atom stereocenters. The van der Waals surface area contributed by atoms with Gasteiger partial charge < -0.3 is 14.8 Å². The number of aliphatic carboxylic acids is 1. The fraction of sp³-hybridized carbons (Fsp3) is 0.333. The Kier molecular flexibility index (Phi) is 4.95. The molecule has 10 nitrogen and oxygen atoms in total. The third-order valence-electron chi connectivity index (χ3n) is 4.11. The van der Waals surface area contributed by atoms with E-state index in [1.165, 1.54) is 23.3 Å². The Balaban J connectivity index is 1.77. The van der Waals surface area contributed by atoms with Crippen molar-refractivity contribution in [2.45, 2.75) is 33.7 Å². The zero-order valence-corrected chi connectivity index (χ0v) is 15.9. The molecule has 3 heterocycles. The zero-order valence-electron chi connectivity index (χ0n) is 15.9. The molecule has 1 amide bonds. The van der Waals surface area contributed by atoms with Gasteiger partial charge in [0.15, 0.2) is 6.39 Å². The lowest BCUT2D eigenvalue weighted by Gasteiger charge is -2.27. The lowest BCUT2D eigenvalue weighted by Crippen LogP contribution is -2.49. The van der Waals surface area contributed by atoms with Gasteiger partial charge in [0.25, 0.3) is 5.91 Å². The van der Waals surface area contributed by atoms with Gasteiger partial charge >= 0.3 is 5.97 Å². The highest BCUT2D eigenvalue weighted by Gasteiger charge is 2.33. The number of rotatable bonds is 5. The number of hydrogen-bond donors (Lipinski definition) is 2. The molecule has 0 aliphatic carbocycles. The second kappa shape index (κ2) is 7.22.